The van der Waals surface area contributed by atoms with Crippen molar-refractivity contribution in [2.75, 3.05) is 0 Å². The SMILES string of the molecule is NS(=O)(=O)/C=C/c1ccccc1-c1ccccc1. The van der Waals surface area contributed by atoms with E-state index in [0.717, 1.165) is 22.1 Å². The van der Waals surface area contributed by atoms with Crippen molar-refractivity contribution in [2.24, 2.45) is 5.14 Å². The third-order valence-electron chi connectivity index (χ3n) is 2.48. The fraction of sp³-hybridized carbons (Fsp3) is 0. The molecule has 2 N–H and O–H groups in total. The van der Waals surface area contributed by atoms with Crippen LogP contribution in [0.15, 0.2) is 60.0 Å². The summed E-state index contributed by atoms with van der Waals surface area (Å²) in [7, 11) is -3.60. The Morgan fingerprint density at radius 3 is 2.17 bits per heavy atom. The predicted molar refractivity (Wildman–Crippen MR) is 74.0 cm³/mol. The summed E-state index contributed by atoms with van der Waals surface area (Å²) in [6, 6.07) is 17.3. The van der Waals surface area contributed by atoms with E-state index in [4.69, 9.17) is 5.14 Å². The molecule has 0 spiro atoms. The summed E-state index contributed by atoms with van der Waals surface area (Å²) in [5.41, 5.74) is 2.82. The molecule has 18 heavy (non-hydrogen) atoms. The van der Waals surface area contributed by atoms with Crippen LogP contribution in [0.2, 0.25) is 0 Å². The van der Waals surface area contributed by atoms with Gasteiger partial charge in [0.25, 0.3) is 0 Å². The number of benzene rings is 2. The van der Waals surface area contributed by atoms with Gasteiger partial charge in [-0.25, -0.2) is 13.6 Å². The van der Waals surface area contributed by atoms with Crippen molar-refractivity contribution >= 4 is 16.1 Å². The van der Waals surface area contributed by atoms with Crippen LogP contribution in [0.4, 0.5) is 0 Å². The number of primary sulfonamides is 1. The fourth-order valence-electron chi connectivity index (χ4n) is 1.69. The zero-order valence-corrected chi connectivity index (χ0v) is 10.5. The van der Waals surface area contributed by atoms with Crippen LogP contribution in [0.25, 0.3) is 17.2 Å². The smallest absolute Gasteiger partial charge is 0.225 e. The Kier molecular flexibility index (Phi) is 3.60. The van der Waals surface area contributed by atoms with E-state index in [1.807, 2.05) is 54.6 Å². The van der Waals surface area contributed by atoms with Crippen LogP contribution in [0.5, 0.6) is 0 Å². The van der Waals surface area contributed by atoms with E-state index in [1.165, 1.54) is 6.08 Å². The van der Waals surface area contributed by atoms with Gasteiger partial charge in [0.1, 0.15) is 0 Å². The first kappa shape index (κ1) is 12.5. The van der Waals surface area contributed by atoms with Gasteiger partial charge in [0.05, 0.1) is 0 Å². The van der Waals surface area contributed by atoms with Crippen LogP contribution in [-0.2, 0) is 10.0 Å². The minimum absolute atomic E-state index is 0.817. The monoisotopic (exact) mass is 259 g/mol. The molecule has 0 radical (unpaired) electrons. The van der Waals surface area contributed by atoms with Crippen molar-refractivity contribution in [1.82, 2.24) is 0 Å². The molecular weight excluding hydrogens is 246 g/mol. The van der Waals surface area contributed by atoms with Crippen molar-refractivity contribution < 1.29 is 8.42 Å². The standard InChI is InChI=1S/C14H13NO2S/c15-18(16,17)11-10-13-8-4-5-9-14(13)12-6-2-1-3-7-12/h1-11H,(H2,15,16,17)/b11-10+. The maximum Gasteiger partial charge on any atom is 0.231 e. The average molecular weight is 259 g/mol. The van der Waals surface area contributed by atoms with Crippen LogP contribution >= 0.6 is 0 Å². The topological polar surface area (TPSA) is 60.2 Å². The molecule has 2 rings (SSSR count). The Balaban J connectivity index is 2.48. The summed E-state index contributed by atoms with van der Waals surface area (Å²) >= 11 is 0. The molecule has 3 nitrogen and oxygen atoms in total. The van der Waals surface area contributed by atoms with Crippen LogP contribution in [-0.4, -0.2) is 8.42 Å². The summed E-state index contributed by atoms with van der Waals surface area (Å²) in [4.78, 5) is 0. The molecule has 92 valence electrons. The lowest BCUT2D eigenvalue weighted by Gasteiger charge is -2.05. The number of nitrogens with two attached hydrogens (primary N) is 1. The summed E-state index contributed by atoms with van der Waals surface area (Å²) in [6.07, 6.45) is 1.51. The second-order valence-corrected chi connectivity index (χ2v) is 5.30. The number of hydrogen-bond donors (Lipinski definition) is 1. The molecule has 0 aliphatic heterocycles. The van der Waals surface area contributed by atoms with E-state index in [2.05, 4.69) is 0 Å². The van der Waals surface area contributed by atoms with E-state index in [-0.39, 0.29) is 0 Å². The maximum absolute atomic E-state index is 10.9. The van der Waals surface area contributed by atoms with Gasteiger partial charge in [-0.3, -0.25) is 0 Å². The van der Waals surface area contributed by atoms with Gasteiger partial charge < -0.3 is 0 Å². The van der Waals surface area contributed by atoms with Crippen molar-refractivity contribution in [3.05, 3.63) is 65.6 Å². The zero-order valence-electron chi connectivity index (χ0n) is 9.65. The molecule has 2 aromatic carbocycles. The maximum atomic E-state index is 10.9. The first-order valence-electron chi connectivity index (χ1n) is 5.41. The Bertz CT molecular complexity index is 661. The third kappa shape index (κ3) is 3.29. The molecule has 0 aliphatic carbocycles. The van der Waals surface area contributed by atoms with E-state index < -0.39 is 10.0 Å². The summed E-state index contributed by atoms with van der Waals surface area (Å²) in [6.45, 7) is 0. The van der Waals surface area contributed by atoms with Gasteiger partial charge in [-0.2, -0.15) is 0 Å². The van der Waals surface area contributed by atoms with E-state index in [9.17, 15) is 8.42 Å². The first-order chi connectivity index (χ1) is 8.56. The average Bonchev–Trinajstić information content (AvgIpc) is 2.37. The third-order valence-corrected chi connectivity index (χ3v) is 3.00. The molecule has 0 aliphatic rings. The lowest BCUT2D eigenvalue weighted by atomic mass is 10.00. The number of sulfonamides is 1. The molecule has 0 amide bonds. The summed E-state index contributed by atoms with van der Waals surface area (Å²) < 4.78 is 21.9. The van der Waals surface area contributed by atoms with Gasteiger partial charge >= 0.3 is 0 Å². The molecule has 2 aromatic rings. The Morgan fingerprint density at radius 1 is 0.889 bits per heavy atom. The lowest BCUT2D eigenvalue weighted by molar-refractivity contribution is 0.606. The zero-order chi connectivity index (χ0) is 13.0. The normalized spacial score (nSPS) is 11.8. The van der Waals surface area contributed by atoms with Gasteiger partial charge in [-0.1, -0.05) is 54.6 Å². The molecule has 0 bridgehead atoms. The van der Waals surface area contributed by atoms with Gasteiger partial charge in [0.15, 0.2) is 0 Å². The number of hydrogen-bond acceptors (Lipinski definition) is 2. The molecule has 4 heteroatoms. The molecule has 0 unspecified atom stereocenters. The highest BCUT2D eigenvalue weighted by atomic mass is 32.2. The minimum atomic E-state index is -3.60. The lowest BCUT2D eigenvalue weighted by Crippen LogP contribution is -2.06. The Morgan fingerprint density at radius 2 is 1.50 bits per heavy atom. The Labute approximate surface area is 107 Å². The van der Waals surface area contributed by atoms with Gasteiger partial charge in [-0.05, 0) is 22.8 Å². The van der Waals surface area contributed by atoms with Crippen molar-refractivity contribution in [2.45, 2.75) is 0 Å². The minimum Gasteiger partial charge on any atom is -0.225 e. The molecule has 0 saturated carbocycles. The van der Waals surface area contributed by atoms with Crippen molar-refractivity contribution in [1.29, 1.82) is 0 Å². The summed E-state index contributed by atoms with van der Waals surface area (Å²) in [5.74, 6) is 0. The van der Waals surface area contributed by atoms with E-state index >= 15 is 0 Å². The van der Waals surface area contributed by atoms with Crippen molar-refractivity contribution in [3.63, 3.8) is 0 Å². The summed E-state index contributed by atoms with van der Waals surface area (Å²) in [5, 5.41) is 5.97. The number of rotatable bonds is 3. The molecule has 0 heterocycles. The quantitative estimate of drug-likeness (QED) is 0.921. The highest BCUT2D eigenvalue weighted by Crippen LogP contribution is 2.24. The van der Waals surface area contributed by atoms with Gasteiger partial charge in [0, 0.05) is 5.41 Å². The van der Waals surface area contributed by atoms with Crippen LogP contribution in [0, 0.1) is 0 Å². The molecule has 0 atom stereocenters. The second-order valence-electron chi connectivity index (χ2n) is 3.85. The van der Waals surface area contributed by atoms with E-state index in [0.29, 0.717) is 0 Å². The predicted octanol–water partition coefficient (Wildman–Crippen LogP) is 2.61. The van der Waals surface area contributed by atoms with Gasteiger partial charge in [0.2, 0.25) is 10.0 Å². The molecule has 0 aromatic heterocycles. The highest BCUT2D eigenvalue weighted by molar-refractivity contribution is 7.92. The highest BCUT2D eigenvalue weighted by Gasteiger charge is 2.02. The first-order valence-corrected chi connectivity index (χ1v) is 7.02. The van der Waals surface area contributed by atoms with E-state index in [1.54, 1.807) is 0 Å². The van der Waals surface area contributed by atoms with Crippen LogP contribution < -0.4 is 5.14 Å². The van der Waals surface area contributed by atoms with Crippen LogP contribution in [0.1, 0.15) is 5.56 Å². The second kappa shape index (κ2) is 5.16. The van der Waals surface area contributed by atoms with Crippen molar-refractivity contribution in [3.8, 4) is 11.1 Å². The van der Waals surface area contributed by atoms with Gasteiger partial charge in [-0.15, -0.1) is 0 Å². The molecule has 0 fully saturated rings. The fourth-order valence-corrected chi connectivity index (χ4v) is 2.03. The Hall–Kier alpha value is -1.91. The largest absolute Gasteiger partial charge is 0.231 e. The molecular formula is C14H13NO2S. The van der Waals surface area contributed by atoms with Crippen LogP contribution in [0.3, 0.4) is 0 Å². The molecule has 0 saturated heterocycles.